The van der Waals surface area contributed by atoms with Crippen molar-refractivity contribution in [1.29, 1.82) is 0 Å². The van der Waals surface area contributed by atoms with Gasteiger partial charge in [-0.2, -0.15) is 0 Å². The molecule has 0 aliphatic rings. The van der Waals surface area contributed by atoms with Crippen LogP contribution in [-0.2, 0) is 4.74 Å². The zero-order valence-corrected chi connectivity index (χ0v) is 17.2. The Bertz CT molecular complexity index is 527. The lowest BCUT2D eigenvalue weighted by Crippen LogP contribution is -2.15. The van der Waals surface area contributed by atoms with E-state index in [2.05, 4.69) is 13.8 Å². The molecule has 1 aromatic rings. The maximum absolute atomic E-state index is 12.3. The Labute approximate surface area is 164 Å². The molecule has 1 rings (SSSR count). The lowest BCUT2D eigenvalue weighted by Gasteiger charge is -2.17. The molecule has 0 radical (unpaired) electrons. The molecule has 0 spiro atoms. The highest BCUT2D eigenvalue weighted by molar-refractivity contribution is 5.92. The molecule has 0 saturated carbocycles. The Morgan fingerprint density at radius 3 is 2.07 bits per heavy atom. The van der Waals surface area contributed by atoms with Crippen molar-refractivity contribution in [3.63, 3.8) is 0 Å². The number of carbonyl (C=O) groups is 1. The van der Waals surface area contributed by atoms with Gasteiger partial charge in [0.05, 0.1) is 6.61 Å². The summed E-state index contributed by atoms with van der Waals surface area (Å²) in [5.74, 6) is -0.405. The number of phenols is 2. The van der Waals surface area contributed by atoms with Crippen LogP contribution in [0.3, 0.4) is 0 Å². The van der Waals surface area contributed by atoms with E-state index in [9.17, 15) is 15.0 Å². The molecule has 2 N–H and O–H groups in total. The minimum absolute atomic E-state index is 0.0271. The molecule has 0 bridgehead atoms. The number of carbonyl (C=O) groups excluding carboxylic acids is 1. The molecule has 0 heterocycles. The number of unbranched alkanes of at least 4 members (excludes halogenated alkanes) is 8. The molecule has 154 valence electrons. The average molecular weight is 379 g/mol. The van der Waals surface area contributed by atoms with E-state index in [1.54, 1.807) is 0 Å². The molecule has 1 unspecified atom stereocenters. The zero-order chi connectivity index (χ0) is 19.9. The number of hydrogen-bond acceptors (Lipinski definition) is 4. The van der Waals surface area contributed by atoms with Gasteiger partial charge >= 0.3 is 5.97 Å². The SMILES string of the molecule is CCCCCCCCC(CCCCCC)COC(=O)c1cc(O)ccc1O. The number of hydrogen-bond donors (Lipinski definition) is 2. The summed E-state index contributed by atoms with van der Waals surface area (Å²) < 4.78 is 5.47. The van der Waals surface area contributed by atoms with Crippen molar-refractivity contribution < 1.29 is 19.7 Å². The summed E-state index contributed by atoms with van der Waals surface area (Å²) in [6, 6.07) is 3.91. The van der Waals surface area contributed by atoms with Crippen LogP contribution in [0, 0.1) is 5.92 Å². The monoisotopic (exact) mass is 378 g/mol. The number of benzene rings is 1. The first-order valence-corrected chi connectivity index (χ1v) is 10.8. The molecule has 0 aliphatic heterocycles. The Morgan fingerprint density at radius 2 is 1.44 bits per heavy atom. The van der Waals surface area contributed by atoms with Crippen LogP contribution in [-0.4, -0.2) is 22.8 Å². The third-order valence-corrected chi connectivity index (χ3v) is 5.08. The molecule has 4 nitrogen and oxygen atoms in total. The van der Waals surface area contributed by atoms with E-state index in [0.29, 0.717) is 12.5 Å². The van der Waals surface area contributed by atoms with Crippen LogP contribution in [0.5, 0.6) is 11.5 Å². The predicted molar refractivity (Wildman–Crippen MR) is 110 cm³/mol. The van der Waals surface area contributed by atoms with Gasteiger partial charge in [-0.05, 0) is 37.0 Å². The number of rotatable bonds is 15. The Hall–Kier alpha value is -1.71. The van der Waals surface area contributed by atoms with Crippen molar-refractivity contribution in [2.45, 2.75) is 90.9 Å². The second-order valence-electron chi connectivity index (χ2n) is 7.57. The minimum atomic E-state index is -0.565. The second kappa shape index (κ2) is 14.4. The highest BCUT2D eigenvalue weighted by Gasteiger charge is 2.17. The molecule has 0 aromatic heterocycles. The summed E-state index contributed by atoms with van der Waals surface area (Å²) in [6.45, 7) is 4.82. The normalized spacial score (nSPS) is 12.1. The third-order valence-electron chi connectivity index (χ3n) is 5.08. The van der Waals surface area contributed by atoms with Gasteiger partial charge in [0.15, 0.2) is 0 Å². The summed E-state index contributed by atoms with van der Waals surface area (Å²) in [7, 11) is 0. The van der Waals surface area contributed by atoms with Crippen LogP contribution in [0.1, 0.15) is 101 Å². The van der Waals surface area contributed by atoms with Crippen molar-refractivity contribution in [3.8, 4) is 11.5 Å². The van der Waals surface area contributed by atoms with Gasteiger partial charge < -0.3 is 14.9 Å². The number of phenolic OH excluding ortho intramolecular Hbond substituents is 2. The van der Waals surface area contributed by atoms with Crippen molar-refractivity contribution >= 4 is 5.97 Å². The maximum atomic E-state index is 12.3. The smallest absolute Gasteiger partial charge is 0.342 e. The average Bonchev–Trinajstić information content (AvgIpc) is 2.66. The standard InChI is InChI=1S/C23H38O4/c1-3-5-7-9-10-12-14-19(13-11-8-6-4-2)18-27-23(26)21-17-20(24)15-16-22(21)25/h15-17,19,24-25H,3-14,18H2,1-2H3. The summed E-state index contributed by atoms with van der Waals surface area (Å²) in [6.07, 6.45) is 14.6. The van der Waals surface area contributed by atoms with Crippen molar-refractivity contribution in [1.82, 2.24) is 0 Å². The van der Waals surface area contributed by atoms with Crippen LogP contribution in [0.25, 0.3) is 0 Å². The molecule has 0 amide bonds. The van der Waals surface area contributed by atoms with E-state index in [4.69, 9.17) is 4.74 Å². The summed E-state index contributed by atoms with van der Waals surface area (Å²) in [5.41, 5.74) is 0.0271. The summed E-state index contributed by atoms with van der Waals surface area (Å²) in [5, 5.41) is 19.3. The predicted octanol–water partition coefficient (Wildman–Crippen LogP) is 6.59. The van der Waals surface area contributed by atoms with Gasteiger partial charge in [0.25, 0.3) is 0 Å². The zero-order valence-electron chi connectivity index (χ0n) is 17.2. The lowest BCUT2D eigenvalue weighted by molar-refractivity contribution is 0.0418. The minimum Gasteiger partial charge on any atom is -0.508 e. The molecule has 0 fully saturated rings. The Morgan fingerprint density at radius 1 is 0.889 bits per heavy atom. The second-order valence-corrected chi connectivity index (χ2v) is 7.57. The van der Waals surface area contributed by atoms with Crippen LogP contribution in [0.15, 0.2) is 18.2 Å². The molecule has 1 atom stereocenters. The van der Waals surface area contributed by atoms with Gasteiger partial charge in [0, 0.05) is 0 Å². The molecular formula is C23H38O4. The quantitative estimate of drug-likeness (QED) is 0.205. The molecule has 0 saturated heterocycles. The van der Waals surface area contributed by atoms with Gasteiger partial charge in [-0.1, -0.05) is 78.1 Å². The molecule has 4 heteroatoms. The summed E-state index contributed by atoms with van der Waals surface area (Å²) >= 11 is 0. The fourth-order valence-corrected chi connectivity index (χ4v) is 3.34. The van der Waals surface area contributed by atoms with Gasteiger partial charge in [0.1, 0.15) is 17.1 Å². The Balaban J connectivity index is 2.45. The van der Waals surface area contributed by atoms with E-state index >= 15 is 0 Å². The molecule has 1 aromatic carbocycles. The highest BCUT2D eigenvalue weighted by Crippen LogP contribution is 2.24. The maximum Gasteiger partial charge on any atom is 0.342 e. The van der Waals surface area contributed by atoms with E-state index < -0.39 is 5.97 Å². The van der Waals surface area contributed by atoms with Gasteiger partial charge in [-0.25, -0.2) is 4.79 Å². The first-order valence-electron chi connectivity index (χ1n) is 10.8. The largest absolute Gasteiger partial charge is 0.508 e. The van der Waals surface area contributed by atoms with Crippen LogP contribution < -0.4 is 0 Å². The van der Waals surface area contributed by atoms with Gasteiger partial charge in [-0.15, -0.1) is 0 Å². The third kappa shape index (κ3) is 10.3. The fraction of sp³-hybridized carbons (Fsp3) is 0.696. The molecular weight excluding hydrogens is 340 g/mol. The lowest BCUT2D eigenvalue weighted by atomic mass is 9.95. The topological polar surface area (TPSA) is 66.8 Å². The van der Waals surface area contributed by atoms with Crippen molar-refractivity contribution in [2.75, 3.05) is 6.61 Å². The van der Waals surface area contributed by atoms with Gasteiger partial charge in [0.2, 0.25) is 0 Å². The first-order chi connectivity index (χ1) is 13.1. The van der Waals surface area contributed by atoms with E-state index in [-0.39, 0.29) is 17.1 Å². The molecule has 27 heavy (non-hydrogen) atoms. The first kappa shape index (κ1) is 23.3. The van der Waals surface area contributed by atoms with Gasteiger partial charge in [-0.3, -0.25) is 0 Å². The van der Waals surface area contributed by atoms with Crippen LogP contribution in [0.2, 0.25) is 0 Å². The highest BCUT2D eigenvalue weighted by atomic mass is 16.5. The number of ether oxygens (including phenoxy) is 1. The number of aromatic hydroxyl groups is 2. The van der Waals surface area contributed by atoms with Crippen molar-refractivity contribution in [3.05, 3.63) is 23.8 Å². The fourth-order valence-electron chi connectivity index (χ4n) is 3.34. The van der Waals surface area contributed by atoms with Crippen LogP contribution in [0.4, 0.5) is 0 Å². The Kier molecular flexibility index (Phi) is 12.4. The van der Waals surface area contributed by atoms with Crippen molar-refractivity contribution in [2.24, 2.45) is 5.92 Å². The van der Waals surface area contributed by atoms with E-state index in [1.807, 2.05) is 0 Å². The number of esters is 1. The van der Waals surface area contributed by atoms with E-state index in [0.717, 1.165) is 12.8 Å². The van der Waals surface area contributed by atoms with Crippen LogP contribution >= 0.6 is 0 Å². The summed E-state index contributed by atoms with van der Waals surface area (Å²) in [4.78, 5) is 12.3. The molecule has 0 aliphatic carbocycles. The van der Waals surface area contributed by atoms with E-state index in [1.165, 1.54) is 82.4 Å².